The van der Waals surface area contributed by atoms with Crippen LogP contribution in [-0.4, -0.2) is 12.1 Å². The Morgan fingerprint density at radius 1 is 1.50 bits per heavy atom. The van der Waals surface area contributed by atoms with Crippen molar-refractivity contribution < 1.29 is 9.59 Å². The Morgan fingerprint density at radius 2 is 2.20 bits per heavy atom. The van der Waals surface area contributed by atoms with Gasteiger partial charge >= 0.3 is 0 Å². The molecule has 52 valence electrons. The smallest absolute Gasteiger partial charge is 0.161 e. The molecule has 0 atom stereocenters. The van der Waals surface area contributed by atoms with Gasteiger partial charge in [0.1, 0.15) is 0 Å². The first-order valence-electron chi connectivity index (χ1n) is 2.79. The van der Waals surface area contributed by atoms with Gasteiger partial charge in [-0.05, 0) is 12.2 Å². The quantitative estimate of drug-likeness (QED) is 0.535. The van der Waals surface area contributed by atoms with Crippen molar-refractivity contribution >= 4 is 23.7 Å². The minimum atomic E-state index is -0.0596. The molecule has 0 saturated heterocycles. The second kappa shape index (κ2) is 2.80. The monoisotopic (exact) mass is 156 g/mol. The lowest BCUT2D eigenvalue weighted by Gasteiger charge is -2.02. The van der Waals surface area contributed by atoms with Crippen molar-refractivity contribution in [3.63, 3.8) is 0 Å². The largest absolute Gasteiger partial charge is 0.298 e. The molecule has 0 bridgehead atoms. The molecule has 0 amide bonds. The molecule has 0 aliphatic heterocycles. The zero-order valence-corrected chi connectivity index (χ0v) is 5.89. The van der Waals surface area contributed by atoms with Crippen molar-refractivity contribution in [3.8, 4) is 0 Å². The van der Waals surface area contributed by atoms with Crippen molar-refractivity contribution in [1.29, 1.82) is 0 Å². The minimum Gasteiger partial charge on any atom is -0.298 e. The third kappa shape index (κ3) is 1.33. The molecule has 0 heterocycles. The number of aldehydes is 1. The Morgan fingerprint density at radius 3 is 2.70 bits per heavy atom. The van der Waals surface area contributed by atoms with Crippen molar-refractivity contribution in [2.24, 2.45) is 0 Å². The summed E-state index contributed by atoms with van der Waals surface area (Å²) in [6, 6.07) is 0. The van der Waals surface area contributed by atoms with Crippen LogP contribution in [0.5, 0.6) is 0 Å². The average molecular weight is 157 g/mol. The third-order valence-corrected chi connectivity index (χ3v) is 1.57. The van der Waals surface area contributed by atoms with Gasteiger partial charge in [0.25, 0.3) is 0 Å². The van der Waals surface area contributed by atoms with Gasteiger partial charge in [-0.2, -0.15) is 0 Å². The van der Waals surface area contributed by atoms with E-state index in [9.17, 15) is 9.59 Å². The van der Waals surface area contributed by atoms with Gasteiger partial charge in [0.2, 0.25) is 0 Å². The van der Waals surface area contributed by atoms with Crippen LogP contribution in [-0.2, 0) is 9.59 Å². The van der Waals surface area contributed by atoms with Gasteiger partial charge in [0, 0.05) is 17.0 Å². The molecule has 1 aliphatic rings. The van der Waals surface area contributed by atoms with E-state index in [4.69, 9.17) is 11.6 Å². The van der Waals surface area contributed by atoms with E-state index in [-0.39, 0.29) is 12.2 Å². The predicted molar refractivity (Wildman–Crippen MR) is 37.7 cm³/mol. The highest BCUT2D eigenvalue weighted by atomic mass is 35.5. The number of carbonyl (C=O) groups is 2. The molecule has 0 aromatic carbocycles. The van der Waals surface area contributed by atoms with Crippen LogP contribution >= 0.6 is 11.6 Å². The van der Waals surface area contributed by atoms with E-state index in [1.165, 1.54) is 12.2 Å². The van der Waals surface area contributed by atoms with Crippen LogP contribution in [0.1, 0.15) is 6.42 Å². The number of halogens is 1. The summed E-state index contributed by atoms with van der Waals surface area (Å²) < 4.78 is 0. The number of hydrogen-bond donors (Lipinski definition) is 0. The highest BCUT2D eigenvalue weighted by molar-refractivity contribution is 6.33. The molecule has 0 aromatic heterocycles. The maximum atomic E-state index is 10.6. The normalized spacial score (nSPS) is 17.9. The fourth-order valence-corrected chi connectivity index (χ4v) is 0.930. The van der Waals surface area contributed by atoms with E-state index in [2.05, 4.69) is 0 Å². The summed E-state index contributed by atoms with van der Waals surface area (Å²) in [7, 11) is 0. The highest BCUT2D eigenvalue weighted by Gasteiger charge is 2.09. The van der Waals surface area contributed by atoms with Gasteiger partial charge in [-0.1, -0.05) is 11.6 Å². The van der Waals surface area contributed by atoms with Crippen LogP contribution in [0.4, 0.5) is 0 Å². The van der Waals surface area contributed by atoms with Gasteiger partial charge in [-0.3, -0.25) is 9.59 Å². The molecule has 1 aliphatic carbocycles. The van der Waals surface area contributed by atoms with Crippen LogP contribution in [0.3, 0.4) is 0 Å². The molecule has 0 spiro atoms. The Balaban J connectivity index is 2.93. The van der Waals surface area contributed by atoms with Gasteiger partial charge in [0.05, 0.1) is 0 Å². The molecule has 0 saturated carbocycles. The topological polar surface area (TPSA) is 34.1 Å². The first kappa shape index (κ1) is 7.22. The zero-order chi connectivity index (χ0) is 7.56. The summed E-state index contributed by atoms with van der Waals surface area (Å²) in [5, 5.41) is 0.336. The summed E-state index contributed by atoms with van der Waals surface area (Å²) in [6.45, 7) is 0. The molecule has 10 heavy (non-hydrogen) atoms. The Labute approximate surface area is 63.2 Å². The second-order valence-electron chi connectivity index (χ2n) is 1.95. The number of ketones is 1. The summed E-state index contributed by atoms with van der Waals surface area (Å²) >= 11 is 5.55. The maximum Gasteiger partial charge on any atom is 0.161 e. The van der Waals surface area contributed by atoms with Crippen molar-refractivity contribution in [1.82, 2.24) is 0 Å². The predicted octanol–water partition coefficient (Wildman–Crippen LogP) is 1.21. The summed E-state index contributed by atoms with van der Waals surface area (Å²) in [5.41, 5.74) is 0.404. The van der Waals surface area contributed by atoms with Gasteiger partial charge in [-0.25, -0.2) is 0 Å². The van der Waals surface area contributed by atoms with E-state index >= 15 is 0 Å². The van der Waals surface area contributed by atoms with E-state index in [1.54, 1.807) is 0 Å². The lowest BCUT2D eigenvalue weighted by molar-refractivity contribution is -0.114. The van der Waals surface area contributed by atoms with E-state index in [1.807, 2.05) is 0 Å². The minimum absolute atomic E-state index is 0.0596. The molecule has 1 rings (SSSR count). The van der Waals surface area contributed by atoms with E-state index in [0.717, 1.165) is 0 Å². The molecule has 0 N–H and O–H groups in total. The first-order chi connectivity index (χ1) is 4.74. The van der Waals surface area contributed by atoms with Crippen molar-refractivity contribution in [2.75, 3.05) is 0 Å². The number of hydrogen-bond acceptors (Lipinski definition) is 2. The highest BCUT2D eigenvalue weighted by Crippen LogP contribution is 2.18. The van der Waals surface area contributed by atoms with Crippen LogP contribution in [0.25, 0.3) is 0 Å². The van der Waals surface area contributed by atoms with Crippen LogP contribution in [0.15, 0.2) is 22.8 Å². The molecule has 0 radical (unpaired) electrons. The van der Waals surface area contributed by atoms with Gasteiger partial charge < -0.3 is 0 Å². The Hall–Kier alpha value is -0.890. The summed E-state index contributed by atoms with van der Waals surface area (Å²) in [4.78, 5) is 20.8. The van der Waals surface area contributed by atoms with E-state index < -0.39 is 0 Å². The molecular formula is C7H5ClO2. The van der Waals surface area contributed by atoms with Crippen LogP contribution in [0.2, 0.25) is 0 Å². The lowest BCUT2D eigenvalue weighted by Crippen LogP contribution is -2.00. The van der Waals surface area contributed by atoms with Crippen LogP contribution in [0, 0.1) is 0 Å². The zero-order valence-electron chi connectivity index (χ0n) is 5.13. The lowest BCUT2D eigenvalue weighted by atomic mass is 10.1. The van der Waals surface area contributed by atoms with Gasteiger partial charge in [-0.15, -0.1) is 0 Å². The summed E-state index contributed by atoms with van der Waals surface area (Å²) in [5.74, 6) is -0.0596. The Bertz CT molecular complexity index is 238. The molecular weight excluding hydrogens is 152 g/mol. The fraction of sp³-hybridized carbons (Fsp3) is 0.143. The van der Waals surface area contributed by atoms with E-state index in [0.29, 0.717) is 16.9 Å². The number of rotatable bonds is 1. The fourth-order valence-electron chi connectivity index (χ4n) is 0.690. The number of allylic oxidation sites excluding steroid dienone is 4. The standard InChI is InChI=1S/C7H5ClO2/c8-7-3-6(10)2-1-5(7)4-9/h1-2,4H,3H2. The van der Waals surface area contributed by atoms with Crippen molar-refractivity contribution in [2.45, 2.75) is 6.42 Å². The molecule has 3 heteroatoms. The van der Waals surface area contributed by atoms with Crippen LogP contribution < -0.4 is 0 Å². The van der Waals surface area contributed by atoms with Gasteiger partial charge in [0.15, 0.2) is 12.1 Å². The maximum absolute atomic E-state index is 10.6. The molecule has 2 nitrogen and oxygen atoms in total. The Kier molecular flexibility index (Phi) is 2.02. The molecule has 0 unspecified atom stereocenters. The summed E-state index contributed by atoms with van der Waals surface area (Å²) in [6.07, 6.45) is 3.59. The molecule has 0 aromatic rings. The average Bonchev–Trinajstić information content (AvgIpc) is 1.88. The first-order valence-corrected chi connectivity index (χ1v) is 3.16. The third-order valence-electron chi connectivity index (χ3n) is 1.22. The van der Waals surface area contributed by atoms with Crippen molar-refractivity contribution in [3.05, 3.63) is 22.8 Å². The second-order valence-corrected chi connectivity index (χ2v) is 2.41. The number of carbonyl (C=O) groups excluding carboxylic acids is 2. The SMILES string of the molecule is O=CC1=C(Cl)CC(=O)C=C1. The molecule has 0 fully saturated rings.